The summed E-state index contributed by atoms with van der Waals surface area (Å²) in [4.78, 5) is 8.63. The number of hydrogen-bond donors (Lipinski definition) is 1. The Hall–Kier alpha value is -2.47. The Kier molecular flexibility index (Phi) is 7.73. The molecule has 6 heteroatoms. The number of carboxylic acid groups (broad SMARTS) is 1. The Balaban J connectivity index is 0.000000941. The van der Waals surface area contributed by atoms with Crippen LogP contribution in [0.3, 0.4) is 0 Å². The third kappa shape index (κ3) is 5.76. The maximum Gasteiger partial charge on any atom is 0.417 e. The zero-order valence-corrected chi connectivity index (χ0v) is 17.3. The van der Waals surface area contributed by atoms with E-state index in [1.165, 1.54) is 11.6 Å². The van der Waals surface area contributed by atoms with Crippen molar-refractivity contribution >= 4 is 29.0 Å². The van der Waals surface area contributed by atoms with Gasteiger partial charge in [0.15, 0.2) is 0 Å². The number of benzene rings is 3. The smallest absolute Gasteiger partial charge is 0.417 e. The standard InChI is InChI=1S/C22H21F3S.CH2O2/c1-4-15-10-17-7-5-14(2)9-19(17)18(11-15)12-16-6-8-21(26-3)20(13-16)22(23,24)25;2-1-3/h5-11,13H,4,12H2,1-3H3;1H,(H,2,3). The minimum Gasteiger partial charge on any atom is -0.483 e. The van der Waals surface area contributed by atoms with E-state index in [4.69, 9.17) is 9.90 Å². The van der Waals surface area contributed by atoms with Crippen LogP contribution in [0.5, 0.6) is 0 Å². The number of aryl methyl sites for hydroxylation is 2. The number of hydrogen-bond acceptors (Lipinski definition) is 2. The molecule has 0 saturated heterocycles. The van der Waals surface area contributed by atoms with E-state index < -0.39 is 11.7 Å². The molecule has 2 nitrogen and oxygen atoms in total. The maximum absolute atomic E-state index is 13.4. The van der Waals surface area contributed by atoms with E-state index in [1.54, 1.807) is 18.4 Å². The van der Waals surface area contributed by atoms with Crippen molar-refractivity contribution in [2.75, 3.05) is 6.26 Å². The summed E-state index contributed by atoms with van der Waals surface area (Å²) in [7, 11) is 0. The number of fused-ring (bicyclic) bond motifs is 1. The lowest BCUT2D eigenvalue weighted by atomic mass is 9.93. The summed E-state index contributed by atoms with van der Waals surface area (Å²) in [6.07, 6.45) is -1.27. The molecule has 0 unspecified atom stereocenters. The van der Waals surface area contributed by atoms with Crippen LogP contribution < -0.4 is 0 Å². The van der Waals surface area contributed by atoms with E-state index in [1.807, 2.05) is 6.92 Å². The zero-order valence-electron chi connectivity index (χ0n) is 16.5. The molecule has 29 heavy (non-hydrogen) atoms. The monoisotopic (exact) mass is 420 g/mol. The Morgan fingerprint density at radius 1 is 1.03 bits per heavy atom. The Bertz CT molecular complexity index is 997. The van der Waals surface area contributed by atoms with E-state index >= 15 is 0 Å². The highest BCUT2D eigenvalue weighted by Crippen LogP contribution is 2.37. The van der Waals surface area contributed by atoms with Gasteiger partial charge in [0.05, 0.1) is 5.56 Å². The molecule has 0 spiro atoms. The molecule has 0 radical (unpaired) electrons. The molecule has 0 aliphatic heterocycles. The molecular formula is C23H23F3O2S. The predicted molar refractivity (Wildman–Crippen MR) is 113 cm³/mol. The van der Waals surface area contributed by atoms with Crippen molar-refractivity contribution in [2.45, 2.75) is 37.8 Å². The van der Waals surface area contributed by atoms with Gasteiger partial charge in [0.2, 0.25) is 0 Å². The van der Waals surface area contributed by atoms with E-state index in [2.05, 4.69) is 37.3 Å². The molecule has 154 valence electrons. The Labute approximate surface area is 172 Å². The van der Waals surface area contributed by atoms with Gasteiger partial charge in [-0.05, 0) is 65.6 Å². The van der Waals surface area contributed by atoms with Gasteiger partial charge >= 0.3 is 6.18 Å². The number of rotatable bonds is 4. The van der Waals surface area contributed by atoms with Gasteiger partial charge < -0.3 is 5.11 Å². The second-order valence-electron chi connectivity index (χ2n) is 6.65. The third-order valence-electron chi connectivity index (χ3n) is 4.63. The number of alkyl halides is 3. The van der Waals surface area contributed by atoms with Crippen molar-refractivity contribution in [3.8, 4) is 0 Å². The quantitative estimate of drug-likeness (QED) is 0.375. The molecular weight excluding hydrogens is 397 g/mol. The van der Waals surface area contributed by atoms with Crippen LogP contribution >= 0.6 is 11.8 Å². The van der Waals surface area contributed by atoms with Gasteiger partial charge in [0.1, 0.15) is 0 Å². The van der Waals surface area contributed by atoms with Gasteiger partial charge in [0, 0.05) is 4.90 Å². The Morgan fingerprint density at radius 3 is 2.31 bits per heavy atom. The van der Waals surface area contributed by atoms with Gasteiger partial charge in [-0.2, -0.15) is 13.2 Å². The molecule has 0 amide bonds. The summed E-state index contributed by atoms with van der Waals surface area (Å²) in [5.74, 6) is 0. The third-order valence-corrected chi connectivity index (χ3v) is 5.42. The molecule has 3 aromatic rings. The lowest BCUT2D eigenvalue weighted by molar-refractivity contribution is -0.139. The zero-order chi connectivity index (χ0) is 21.6. The van der Waals surface area contributed by atoms with Crippen LogP contribution in [0.4, 0.5) is 13.2 Å². The molecule has 1 N–H and O–H groups in total. The molecule has 0 aliphatic carbocycles. The highest BCUT2D eigenvalue weighted by molar-refractivity contribution is 7.98. The lowest BCUT2D eigenvalue weighted by Crippen LogP contribution is -2.08. The summed E-state index contributed by atoms with van der Waals surface area (Å²) in [5.41, 5.74) is 3.57. The summed E-state index contributed by atoms with van der Waals surface area (Å²) < 4.78 is 40.1. The van der Waals surface area contributed by atoms with Gasteiger partial charge in [-0.25, -0.2) is 0 Å². The highest BCUT2D eigenvalue weighted by atomic mass is 32.2. The minimum atomic E-state index is -4.34. The van der Waals surface area contributed by atoms with Gasteiger partial charge in [-0.3, -0.25) is 4.79 Å². The second kappa shape index (κ2) is 9.83. The summed E-state index contributed by atoms with van der Waals surface area (Å²) >= 11 is 1.13. The lowest BCUT2D eigenvalue weighted by Gasteiger charge is -2.15. The predicted octanol–water partition coefficient (Wildman–Crippen LogP) is 6.74. The molecule has 0 saturated carbocycles. The second-order valence-corrected chi connectivity index (χ2v) is 7.50. The van der Waals surface area contributed by atoms with Crippen LogP contribution in [-0.4, -0.2) is 17.8 Å². The first-order valence-electron chi connectivity index (χ1n) is 9.07. The van der Waals surface area contributed by atoms with E-state index in [-0.39, 0.29) is 11.4 Å². The fourth-order valence-corrected chi connectivity index (χ4v) is 3.87. The van der Waals surface area contributed by atoms with Gasteiger partial charge in [0.25, 0.3) is 6.47 Å². The van der Waals surface area contributed by atoms with Crippen LogP contribution in [0.1, 0.15) is 34.7 Å². The van der Waals surface area contributed by atoms with Crippen molar-refractivity contribution < 1.29 is 23.1 Å². The first-order chi connectivity index (χ1) is 13.7. The largest absolute Gasteiger partial charge is 0.483 e. The molecule has 0 aliphatic rings. The van der Waals surface area contributed by atoms with Crippen LogP contribution in [0.25, 0.3) is 10.8 Å². The number of halogens is 3. The van der Waals surface area contributed by atoms with Crippen LogP contribution in [0, 0.1) is 6.92 Å². The normalized spacial score (nSPS) is 11.1. The molecule has 0 bridgehead atoms. The summed E-state index contributed by atoms with van der Waals surface area (Å²) in [6.45, 7) is 3.88. The van der Waals surface area contributed by atoms with Crippen LogP contribution in [0.2, 0.25) is 0 Å². The van der Waals surface area contributed by atoms with Gasteiger partial charge in [-0.15, -0.1) is 11.8 Å². The maximum atomic E-state index is 13.4. The number of carbonyl (C=O) groups is 1. The number of thioether (sulfide) groups is 1. The highest BCUT2D eigenvalue weighted by Gasteiger charge is 2.33. The van der Waals surface area contributed by atoms with E-state index in [0.29, 0.717) is 12.0 Å². The first kappa shape index (κ1) is 22.8. The van der Waals surface area contributed by atoms with Crippen molar-refractivity contribution in [3.05, 3.63) is 76.3 Å². The van der Waals surface area contributed by atoms with Crippen LogP contribution in [-0.2, 0) is 23.8 Å². The van der Waals surface area contributed by atoms with E-state index in [0.717, 1.165) is 40.1 Å². The minimum absolute atomic E-state index is 0.250. The molecule has 0 aromatic heterocycles. The average molecular weight is 420 g/mol. The van der Waals surface area contributed by atoms with Crippen molar-refractivity contribution in [1.82, 2.24) is 0 Å². The SMILES string of the molecule is CCc1cc(Cc2ccc(SC)c(C(F)(F)F)c2)c2cc(C)ccc2c1.O=CO. The average Bonchev–Trinajstić information content (AvgIpc) is 2.68. The van der Waals surface area contributed by atoms with Crippen molar-refractivity contribution in [3.63, 3.8) is 0 Å². The summed E-state index contributed by atoms with van der Waals surface area (Å²) in [6, 6.07) is 15.2. The summed E-state index contributed by atoms with van der Waals surface area (Å²) in [5, 5.41) is 9.14. The first-order valence-corrected chi connectivity index (χ1v) is 10.3. The van der Waals surface area contributed by atoms with E-state index in [9.17, 15) is 13.2 Å². The van der Waals surface area contributed by atoms with Crippen molar-refractivity contribution in [2.24, 2.45) is 0 Å². The molecule has 0 atom stereocenters. The molecule has 3 aromatic carbocycles. The van der Waals surface area contributed by atoms with Crippen molar-refractivity contribution in [1.29, 1.82) is 0 Å². The topological polar surface area (TPSA) is 37.3 Å². The molecule has 3 rings (SSSR count). The fraction of sp³-hybridized carbons (Fsp3) is 0.261. The van der Waals surface area contributed by atoms with Gasteiger partial charge in [-0.1, -0.05) is 48.9 Å². The Morgan fingerprint density at radius 2 is 1.72 bits per heavy atom. The fourth-order valence-electron chi connectivity index (χ4n) is 3.27. The molecule has 0 fully saturated rings. The molecule has 0 heterocycles. The van der Waals surface area contributed by atoms with Crippen LogP contribution in [0.15, 0.2) is 53.4 Å².